The summed E-state index contributed by atoms with van der Waals surface area (Å²) in [6.45, 7) is 3.82. The van der Waals surface area contributed by atoms with Crippen molar-refractivity contribution in [3.63, 3.8) is 0 Å². The zero-order valence-corrected chi connectivity index (χ0v) is 13.1. The molecular formula is C15H13BrN2O3. The lowest BCUT2D eigenvalue weighted by Gasteiger charge is -2.12. The summed E-state index contributed by atoms with van der Waals surface area (Å²) in [7, 11) is 0. The van der Waals surface area contributed by atoms with Gasteiger partial charge in [0.2, 0.25) is 0 Å². The van der Waals surface area contributed by atoms with E-state index in [0.717, 1.165) is 15.6 Å². The van der Waals surface area contributed by atoms with Gasteiger partial charge in [-0.15, -0.1) is 0 Å². The zero-order valence-electron chi connectivity index (χ0n) is 11.5. The first kappa shape index (κ1) is 15.2. The summed E-state index contributed by atoms with van der Waals surface area (Å²) < 4.78 is 0.743. The van der Waals surface area contributed by atoms with Gasteiger partial charge in [0.1, 0.15) is 5.56 Å². The van der Waals surface area contributed by atoms with Crippen LogP contribution in [0.15, 0.2) is 40.9 Å². The second-order valence-electron chi connectivity index (χ2n) is 4.67. The van der Waals surface area contributed by atoms with Crippen LogP contribution in [0.1, 0.15) is 21.5 Å². The normalized spacial score (nSPS) is 10.2. The number of carbonyl (C=O) groups excluding carboxylic acids is 1. The van der Waals surface area contributed by atoms with Crippen LogP contribution in [0.4, 0.5) is 11.4 Å². The van der Waals surface area contributed by atoms with Crippen LogP contribution in [-0.4, -0.2) is 10.8 Å². The van der Waals surface area contributed by atoms with Gasteiger partial charge in [0.25, 0.3) is 11.6 Å². The molecule has 0 aliphatic rings. The van der Waals surface area contributed by atoms with E-state index in [0.29, 0.717) is 5.69 Å². The molecule has 0 radical (unpaired) electrons. The predicted molar refractivity (Wildman–Crippen MR) is 84.7 cm³/mol. The van der Waals surface area contributed by atoms with Crippen molar-refractivity contribution in [1.82, 2.24) is 0 Å². The first-order valence-corrected chi connectivity index (χ1v) is 7.01. The second kappa shape index (κ2) is 6.05. The van der Waals surface area contributed by atoms with E-state index in [1.165, 1.54) is 18.2 Å². The summed E-state index contributed by atoms with van der Waals surface area (Å²) in [4.78, 5) is 22.7. The molecule has 2 rings (SSSR count). The number of nitrogens with one attached hydrogen (secondary N) is 1. The number of carbonyl (C=O) groups is 1. The second-order valence-corrected chi connectivity index (χ2v) is 5.52. The number of amides is 1. The van der Waals surface area contributed by atoms with E-state index in [-0.39, 0.29) is 11.3 Å². The molecule has 0 bridgehead atoms. The Morgan fingerprint density at radius 1 is 1.24 bits per heavy atom. The van der Waals surface area contributed by atoms with E-state index in [1.807, 2.05) is 26.0 Å². The summed E-state index contributed by atoms with van der Waals surface area (Å²) in [5, 5.41) is 13.7. The molecule has 0 aromatic heterocycles. The van der Waals surface area contributed by atoms with Crippen molar-refractivity contribution in [2.75, 3.05) is 5.32 Å². The van der Waals surface area contributed by atoms with E-state index >= 15 is 0 Å². The van der Waals surface area contributed by atoms with Gasteiger partial charge >= 0.3 is 0 Å². The lowest BCUT2D eigenvalue weighted by Crippen LogP contribution is -2.15. The number of nitrogens with zero attached hydrogens (tertiary/aromatic N) is 1. The van der Waals surface area contributed by atoms with Crippen LogP contribution in [0.2, 0.25) is 0 Å². The average molecular weight is 349 g/mol. The summed E-state index contributed by atoms with van der Waals surface area (Å²) in [5.74, 6) is -0.505. The maximum absolute atomic E-state index is 12.3. The Balaban J connectivity index is 2.38. The van der Waals surface area contributed by atoms with Gasteiger partial charge in [-0.25, -0.2) is 0 Å². The fraction of sp³-hybridized carbons (Fsp3) is 0.133. The van der Waals surface area contributed by atoms with Crippen molar-refractivity contribution in [2.45, 2.75) is 13.8 Å². The number of anilines is 1. The van der Waals surface area contributed by atoms with Crippen molar-refractivity contribution in [3.8, 4) is 0 Å². The molecular weight excluding hydrogens is 336 g/mol. The first-order chi connectivity index (χ1) is 9.90. The predicted octanol–water partition coefficient (Wildman–Crippen LogP) is 4.23. The number of aryl methyl sites for hydroxylation is 2. The molecule has 0 atom stereocenters. The van der Waals surface area contributed by atoms with Crippen molar-refractivity contribution in [3.05, 3.63) is 67.7 Å². The molecule has 108 valence electrons. The van der Waals surface area contributed by atoms with Crippen molar-refractivity contribution >= 4 is 33.2 Å². The molecule has 0 aliphatic carbocycles. The SMILES string of the molecule is Cc1cc(C)c(NC(=O)c2ccccc2[N+](=O)[O-])c(Br)c1. The Morgan fingerprint density at radius 2 is 1.90 bits per heavy atom. The first-order valence-electron chi connectivity index (χ1n) is 6.21. The van der Waals surface area contributed by atoms with Gasteiger partial charge < -0.3 is 5.32 Å². The highest BCUT2D eigenvalue weighted by Gasteiger charge is 2.20. The zero-order chi connectivity index (χ0) is 15.6. The Morgan fingerprint density at radius 3 is 2.52 bits per heavy atom. The molecule has 0 aliphatic heterocycles. The highest BCUT2D eigenvalue weighted by molar-refractivity contribution is 9.10. The molecule has 1 N–H and O–H groups in total. The Kier molecular flexibility index (Phi) is 4.37. The maximum Gasteiger partial charge on any atom is 0.282 e. The van der Waals surface area contributed by atoms with Crippen LogP contribution in [0.5, 0.6) is 0 Å². The van der Waals surface area contributed by atoms with Gasteiger partial charge in [0.15, 0.2) is 0 Å². The van der Waals surface area contributed by atoms with E-state index in [1.54, 1.807) is 6.07 Å². The fourth-order valence-electron chi connectivity index (χ4n) is 2.08. The molecule has 0 saturated carbocycles. The van der Waals surface area contributed by atoms with Gasteiger partial charge in [-0.2, -0.15) is 0 Å². The molecule has 0 unspecified atom stereocenters. The number of para-hydroxylation sites is 1. The van der Waals surface area contributed by atoms with Crippen molar-refractivity contribution < 1.29 is 9.72 Å². The minimum atomic E-state index is -0.564. The maximum atomic E-state index is 12.3. The Hall–Kier alpha value is -2.21. The lowest BCUT2D eigenvalue weighted by molar-refractivity contribution is -0.385. The monoisotopic (exact) mass is 348 g/mol. The molecule has 1 amide bonds. The summed E-state index contributed by atoms with van der Waals surface area (Å²) in [6, 6.07) is 9.68. The van der Waals surface area contributed by atoms with Gasteiger partial charge in [0, 0.05) is 10.5 Å². The van der Waals surface area contributed by atoms with E-state index in [4.69, 9.17) is 0 Å². The van der Waals surface area contributed by atoms with Crippen molar-refractivity contribution in [1.29, 1.82) is 0 Å². The third-order valence-electron chi connectivity index (χ3n) is 3.02. The van der Waals surface area contributed by atoms with Crippen molar-refractivity contribution in [2.24, 2.45) is 0 Å². The molecule has 21 heavy (non-hydrogen) atoms. The molecule has 2 aromatic carbocycles. The molecule has 0 saturated heterocycles. The summed E-state index contributed by atoms with van der Waals surface area (Å²) in [5.41, 5.74) is 2.38. The van der Waals surface area contributed by atoms with Crippen LogP contribution in [-0.2, 0) is 0 Å². The number of nitro groups is 1. The van der Waals surface area contributed by atoms with E-state index in [9.17, 15) is 14.9 Å². The van der Waals surface area contributed by atoms with Crippen LogP contribution < -0.4 is 5.32 Å². The number of rotatable bonds is 3. The fourth-order valence-corrected chi connectivity index (χ4v) is 2.85. The number of nitro benzene ring substituents is 1. The highest BCUT2D eigenvalue weighted by Crippen LogP contribution is 2.29. The largest absolute Gasteiger partial charge is 0.320 e. The Labute approximate surface area is 130 Å². The molecule has 0 heterocycles. The third kappa shape index (κ3) is 3.28. The van der Waals surface area contributed by atoms with Crippen LogP contribution in [0.3, 0.4) is 0 Å². The lowest BCUT2D eigenvalue weighted by atomic mass is 10.1. The molecule has 5 nitrogen and oxygen atoms in total. The third-order valence-corrected chi connectivity index (χ3v) is 3.64. The highest BCUT2D eigenvalue weighted by atomic mass is 79.9. The van der Waals surface area contributed by atoms with Gasteiger partial charge in [0.05, 0.1) is 10.6 Å². The number of hydrogen-bond donors (Lipinski definition) is 1. The number of hydrogen-bond acceptors (Lipinski definition) is 3. The van der Waals surface area contributed by atoms with Crippen LogP contribution in [0.25, 0.3) is 0 Å². The van der Waals surface area contributed by atoms with Gasteiger partial charge in [-0.05, 0) is 53.0 Å². The van der Waals surface area contributed by atoms with Crippen LogP contribution in [0, 0.1) is 24.0 Å². The molecule has 0 fully saturated rings. The number of benzene rings is 2. The Bertz CT molecular complexity index is 706. The summed E-state index contributed by atoms with van der Waals surface area (Å²) >= 11 is 3.40. The topological polar surface area (TPSA) is 72.2 Å². The smallest absolute Gasteiger partial charge is 0.282 e. The van der Waals surface area contributed by atoms with Gasteiger partial charge in [-0.3, -0.25) is 14.9 Å². The minimum Gasteiger partial charge on any atom is -0.320 e. The summed E-state index contributed by atoms with van der Waals surface area (Å²) in [6.07, 6.45) is 0. The quantitative estimate of drug-likeness (QED) is 0.666. The number of halogens is 1. The minimum absolute atomic E-state index is 0.0365. The molecule has 0 spiro atoms. The molecule has 2 aromatic rings. The molecule has 6 heteroatoms. The average Bonchev–Trinajstić information content (AvgIpc) is 2.42. The van der Waals surface area contributed by atoms with E-state index in [2.05, 4.69) is 21.2 Å². The van der Waals surface area contributed by atoms with Gasteiger partial charge in [-0.1, -0.05) is 18.2 Å². The van der Waals surface area contributed by atoms with Crippen LogP contribution >= 0.6 is 15.9 Å². The van der Waals surface area contributed by atoms with E-state index < -0.39 is 10.8 Å². The standard InChI is InChI=1S/C15H13BrN2O3/c1-9-7-10(2)14(12(16)8-9)17-15(19)11-5-3-4-6-13(11)18(20)21/h3-8H,1-2H3,(H,17,19).